The number of rotatable bonds is 5. The normalized spacial score (nSPS) is 13.5. The Morgan fingerprint density at radius 3 is 2.16 bits per heavy atom. The van der Waals surface area contributed by atoms with E-state index in [1.165, 1.54) is 0 Å². The first-order chi connectivity index (χ1) is 15.5. The molecule has 3 aromatic rings. The van der Waals surface area contributed by atoms with Gasteiger partial charge in [-0.05, 0) is 49.2 Å². The number of piperazine rings is 1. The fraction of sp³-hybridized carbons (Fsp3) is 0.250. The average Bonchev–Trinajstić information content (AvgIpc) is 2.81. The third kappa shape index (κ3) is 4.92. The van der Waals surface area contributed by atoms with Gasteiger partial charge >= 0.3 is 0 Å². The maximum absolute atomic E-state index is 12.6. The van der Waals surface area contributed by atoms with Crippen molar-refractivity contribution in [3.8, 4) is 0 Å². The molecule has 0 aliphatic carbocycles. The summed E-state index contributed by atoms with van der Waals surface area (Å²) in [5.41, 5.74) is 4.43. The molecular formula is C24H26N6O2. The number of nitrogens with one attached hydrogen (secondary N) is 3. The van der Waals surface area contributed by atoms with Crippen molar-refractivity contribution in [2.45, 2.75) is 13.8 Å². The van der Waals surface area contributed by atoms with Gasteiger partial charge in [0.05, 0.1) is 18.1 Å². The van der Waals surface area contributed by atoms with Crippen LogP contribution in [-0.2, 0) is 0 Å². The van der Waals surface area contributed by atoms with E-state index in [1.807, 2.05) is 49.1 Å². The molecule has 32 heavy (non-hydrogen) atoms. The number of carbonyl (C=O) groups excluding carboxylic acids is 2. The van der Waals surface area contributed by atoms with Crippen LogP contribution in [-0.4, -0.2) is 52.9 Å². The van der Waals surface area contributed by atoms with Gasteiger partial charge in [-0.25, -0.2) is 9.97 Å². The van der Waals surface area contributed by atoms with Crippen molar-refractivity contribution >= 4 is 29.1 Å². The molecule has 1 fully saturated rings. The van der Waals surface area contributed by atoms with Crippen molar-refractivity contribution in [3.05, 3.63) is 77.1 Å². The van der Waals surface area contributed by atoms with Crippen LogP contribution < -0.4 is 16.0 Å². The first-order valence-corrected chi connectivity index (χ1v) is 10.6. The Morgan fingerprint density at radius 1 is 0.906 bits per heavy atom. The Morgan fingerprint density at radius 2 is 1.53 bits per heavy atom. The predicted molar refractivity (Wildman–Crippen MR) is 124 cm³/mol. The molecule has 0 bridgehead atoms. The monoisotopic (exact) mass is 430 g/mol. The largest absolute Gasteiger partial charge is 0.336 e. The minimum absolute atomic E-state index is 0.0401. The summed E-state index contributed by atoms with van der Waals surface area (Å²) in [6, 6.07) is 13.0. The van der Waals surface area contributed by atoms with E-state index in [-0.39, 0.29) is 11.8 Å². The molecule has 164 valence electrons. The Balaban J connectivity index is 1.37. The highest BCUT2D eigenvalue weighted by Crippen LogP contribution is 2.18. The number of hydrogen-bond acceptors (Lipinski definition) is 6. The van der Waals surface area contributed by atoms with Crippen molar-refractivity contribution < 1.29 is 9.59 Å². The van der Waals surface area contributed by atoms with Crippen LogP contribution in [0, 0.1) is 13.8 Å². The molecule has 2 aromatic carbocycles. The van der Waals surface area contributed by atoms with Crippen LogP contribution in [0.1, 0.15) is 31.8 Å². The minimum Gasteiger partial charge on any atom is -0.336 e. The highest BCUT2D eigenvalue weighted by molar-refractivity contribution is 6.06. The maximum Gasteiger partial charge on any atom is 0.256 e. The van der Waals surface area contributed by atoms with Gasteiger partial charge in [-0.15, -0.1) is 0 Å². The molecule has 2 heterocycles. The number of amides is 2. The lowest BCUT2D eigenvalue weighted by Crippen LogP contribution is -2.46. The molecule has 8 nitrogen and oxygen atoms in total. The molecule has 8 heteroatoms. The second-order valence-corrected chi connectivity index (χ2v) is 7.76. The first-order valence-electron chi connectivity index (χ1n) is 10.6. The number of aromatic nitrogens is 2. The summed E-state index contributed by atoms with van der Waals surface area (Å²) < 4.78 is 0. The van der Waals surface area contributed by atoms with E-state index in [4.69, 9.17) is 0 Å². The zero-order valence-electron chi connectivity index (χ0n) is 18.2. The number of benzene rings is 2. The van der Waals surface area contributed by atoms with Crippen molar-refractivity contribution in [2.24, 2.45) is 0 Å². The van der Waals surface area contributed by atoms with E-state index in [0.29, 0.717) is 22.8 Å². The molecular weight excluding hydrogens is 404 g/mol. The van der Waals surface area contributed by atoms with Crippen LogP contribution in [0.3, 0.4) is 0 Å². The first kappa shape index (κ1) is 21.5. The maximum atomic E-state index is 12.6. The summed E-state index contributed by atoms with van der Waals surface area (Å²) in [5.74, 6) is 0.254. The molecule has 0 atom stereocenters. The lowest BCUT2D eigenvalue weighted by Gasteiger charge is -2.27. The standard InChI is InChI=1S/C24H26N6O2/c1-16-4-3-5-17(2)21(16)22(31)28-20-14-26-24(27-15-20)29-19-8-6-18(7-9-19)23(32)30-12-10-25-11-13-30/h3-9,14-15,25H,10-13H2,1-2H3,(H,28,31)(H,26,27,29). The van der Waals surface area contributed by atoms with Gasteiger partial charge in [-0.1, -0.05) is 18.2 Å². The molecule has 2 amide bonds. The van der Waals surface area contributed by atoms with Crippen LogP contribution in [0.5, 0.6) is 0 Å². The van der Waals surface area contributed by atoms with E-state index in [9.17, 15) is 9.59 Å². The summed E-state index contributed by atoms with van der Waals surface area (Å²) in [6.07, 6.45) is 3.12. The second kappa shape index (κ2) is 9.57. The van der Waals surface area contributed by atoms with Gasteiger partial charge in [-0.2, -0.15) is 0 Å². The van der Waals surface area contributed by atoms with Gasteiger partial charge < -0.3 is 20.9 Å². The van der Waals surface area contributed by atoms with Gasteiger partial charge in [-0.3, -0.25) is 9.59 Å². The van der Waals surface area contributed by atoms with Crippen molar-refractivity contribution in [1.29, 1.82) is 0 Å². The van der Waals surface area contributed by atoms with Gasteiger partial charge in [0, 0.05) is 43.0 Å². The van der Waals surface area contributed by atoms with Crippen LogP contribution in [0.4, 0.5) is 17.3 Å². The zero-order valence-corrected chi connectivity index (χ0v) is 18.2. The number of nitrogens with zero attached hydrogens (tertiary/aromatic N) is 3. The Kier molecular flexibility index (Phi) is 6.42. The fourth-order valence-corrected chi connectivity index (χ4v) is 3.70. The molecule has 1 saturated heterocycles. The van der Waals surface area contributed by atoms with Crippen LogP contribution in [0.25, 0.3) is 0 Å². The van der Waals surface area contributed by atoms with E-state index >= 15 is 0 Å². The summed E-state index contributed by atoms with van der Waals surface area (Å²) in [7, 11) is 0. The zero-order chi connectivity index (χ0) is 22.5. The topological polar surface area (TPSA) is 99.2 Å². The van der Waals surface area contributed by atoms with Gasteiger partial charge in [0.25, 0.3) is 11.8 Å². The molecule has 0 saturated carbocycles. The van der Waals surface area contributed by atoms with E-state index in [2.05, 4.69) is 25.9 Å². The predicted octanol–water partition coefficient (Wildman–Crippen LogP) is 3.13. The number of aryl methyl sites for hydroxylation is 2. The lowest BCUT2D eigenvalue weighted by atomic mass is 10.0. The van der Waals surface area contributed by atoms with Crippen molar-refractivity contribution in [3.63, 3.8) is 0 Å². The SMILES string of the molecule is Cc1cccc(C)c1C(=O)Nc1cnc(Nc2ccc(C(=O)N3CCNCC3)cc2)nc1. The molecule has 0 radical (unpaired) electrons. The third-order valence-electron chi connectivity index (χ3n) is 5.41. The molecule has 4 rings (SSSR count). The summed E-state index contributed by atoms with van der Waals surface area (Å²) in [5, 5.41) is 9.20. The molecule has 3 N–H and O–H groups in total. The van der Waals surface area contributed by atoms with Crippen LogP contribution in [0.15, 0.2) is 54.9 Å². The van der Waals surface area contributed by atoms with E-state index in [0.717, 1.165) is 43.0 Å². The molecule has 0 spiro atoms. The Hall–Kier alpha value is -3.78. The highest BCUT2D eigenvalue weighted by atomic mass is 16.2. The van der Waals surface area contributed by atoms with Crippen molar-refractivity contribution in [2.75, 3.05) is 36.8 Å². The van der Waals surface area contributed by atoms with E-state index < -0.39 is 0 Å². The third-order valence-corrected chi connectivity index (χ3v) is 5.41. The average molecular weight is 431 g/mol. The van der Waals surface area contributed by atoms with Gasteiger partial charge in [0.15, 0.2) is 0 Å². The number of hydrogen-bond donors (Lipinski definition) is 3. The van der Waals surface area contributed by atoms with Crippen LogP contribution >= 0.6 is 0 Å². The van der Waals surface area contributed by atoms with Gasteiger partial charge in [0.2, 0.25) is 5.95 Å². The number of carbonyl (C=O) groups is 2. The summed E-state index contributed by atoms with van der Waals surface area (Å²) >= 11 is 0. The summed E-state index contributed by atoms with van der Waals surface area (Å²) in [4.78, 5) is 35.6. The highest BCUT2D eigenvalue weighted by Gasteiger charge is 2.17. The Labute approximate surface area is 187 Å². The van der Waals surface area contributed by atoms with Gasteiger partial charge in [0.1, 0.15) is 0 Å². The molecule has 0 unspecified atom stereocenters. The quantitative estimate of drug-likeness (QED) is 0.575. The number of anilines is 3. The van der Waals surface area contributed by atoms with E-state index in [1.54, 1.807) is 24.5 Å². The Bertz CT molecular complexity index is 1090. The fourth-order valence-electron chi connectivity index (χ4n) is 3.70. The summed E-state index contributed by atoms with van der Waals surface area (Å²) in [6.45, 7) is 6.91. The van der Waals surface area contributed by atoms with Crippen LogP contribution in [0.2, 0.25) is 0 Å². The minimum atomic E-state index is -0.186. The molecule has 1 aromatic heterocycles. The second-order valence-electron chi connectivity index (χ2n) is 7.76. The smallest absolute Gasteiger partial charge is 0.256 e. The molecule has 1 aliphatic rings. The van der Waals surface area contributed by atoms with Crippen molar-refractivity contribution in [1.82, 2.24) is 20.2 Å². The molecule has 1 aliphatic heterocycles. The lowest BCUT2D eigenvalue weighted by molar-refractivity contribution is 0.0735.